The number of aromatic nitrogens is 2. The van der Waals surface area contributed by atoms with E-state index in [0.717, 1.165) is 24.9 Å². The van der Waals surface area contributed by atoms with Crippen LogP contribution in [0.2, 0.25) is 5.02 Å². The van der Waals surface area contributed by atoms with Crippen LogP contribution in [-0.2, 0) is 6.54 Å². The molecule has 21 heavy (non-hydrogen) atoms. The zero-order valence-electron chi connectivity index (χ0n) is 12.4. The molecule has 0 aliphatic carbocycles. The van der Waals surface area contributed by atoms with E-state index in [1.54, 1.807) is 6.07 Å². The van der Waals surface area contributed by atoms with Gasteiger partial charge in [-0.05, 0) is 37.1 Å². The van der Waals surface area contributed by atoms with Crippen molar-refractivity contribution in [2.45, 2.75) is 39.3 Å². The second-order valence-electron chi connectivity index (χ2n) is 5.13. The highest BCUT2D eigenvalue weighted by molar-refractivity contribution is 6.30. The summed E-state index contributed by atoms with van der Waals surface area (Å²) in [5.41, 5.74) is 2.02. The van der Waals surface area contributed by atoms with E-state index >= 15 is 0 Å². The van der Waals surface area contributed by atoms with Gasteiger partial charge in [-0.3, -0.25) is 4.68 Å². The first-order chi connectivity index (χ1) is 10.1. The molecule has 114 valence electrons. The van der Waals surface area contributed by atoms with Gasteiger partial charge in [0, 0.05) is 17.8 Å². The van der Waals surface area contributed by atoms with Gasteiger partial charge in [-0.15, -0.1) is 0 Å². The molecule has 0 saturated heterocycles. The van der Waals surface area contributed by atoms with E-state index < -0.39 is 5.82 Å². The van der Waals surface area contributed by atoms with Crippen molar-refractivity contribution in [2.75, 3.05) is 6.54 Å². The predicted molar refractivity (Wildman–Crippen MR) is 84.1 cm³/mol. The van der Waals surface area contributed by atoms with E-state index in [-0.39, 0.29) is 5.02 Å². The molecule has 0 saturated carbocycles. The maximum Gasteiger partial charge on any atom is 0.142 e. The summed E-state index contributed by atoms with van der Waals surface area (Å²) in [5, 5.41) is 8.01. The van der Waals surface area contributed by atoms with Crippen molar-refractivity contribution in [3.05, 3.63) is 52.6 Å². The summed E-state index contributed by atoms with van der Waals surface area (Å²) in [6.07, 6.45) is 6.02. The molecule has 0 radical (unpaired) electrons. The van der Waals surface area contributed by atoms with Gasteiger partial charge in [0.15, 0.2) is 0 Å². The van der Waals surface area contributed by atoms with E-state index in [1.807, 2.05) is 23.1 Å². The molecule has 2 aromatic rings. The number of nitrogens with one attached hydrogen (secondary N) is 1. The molecule has 1 unspecified atom stereocenters. The third-order valence-corrected chi connectivity index (χ3v) is 3.74. The summed E-state index contributed by atoms with van der Waals surface area (Å²) in [7, 11) is 0. The van der Waals surface area contributed by atoms with Crippen LogP contribution in [0.4, 0.5) is 4.39 Å². The lowest BCUT2D eigenvalue weighted by atomic mass is 10.1. The van der Waals surface area contributed by atoms with Crippen LogP contribution in [0.3, 0.4) is 0 Å². The molecule has 0 aliphatic heterocycles. The van der Waals surface area contributed by atoms with Crippen LogP contribution in [-0.4, -0.2) is 16.3 Å². The number of nitrogens with zero attached hydrogens (tertiary/aromatic N) is 2. The fourth-order valence-corrected chi connectivity index (χ4v) is 2.41. The Morgan fingerprint density at radius 1 is 1.38 bits per heavy atom. The van der Waals surface area contributed by atoms with Gasteiger partial charge >= 0.3 is 0 Å². The van der Waals surface area contributed by atoms with Gasteiger partial charge < -0.3 is 5.32 Å². The molecule has 1 N–H and O–H groups in total. The van der Waals surface area contributed by atoms with Crippen LogP contribution >= 0.6 is 11.6 Å². The molecule has 1 heterocycles. The first kappa shape index (κ1) is 16.0. The van der Waals surface area contributed by atoms with Crippen molar-refractivity contribution in [3.63, 3.8) is 0 Å². The van der Waals surface area contributed by atoms with E-state index in [2.05, 4.69) is 24.3 Å². The zero-order valence-corrected chi connectivity index (χ0v) is 13.2. The molecule has 5 heteroatoms. The lowest BCUT2D eigenvalue weighted by molar-refractivity contribution is 0.517. The van der Waals surface area contributed by atoms with Crippen LogP contribution in [0.5, 0.6) is 0 Å². The molecular weight excluding hydrogens is 289 g/mol. The van der Waals surface area contributed by atoms with Crippen molar-refractivity contribution < 1.29 is 4.39 Å². The molecule has 2 rings (SSSR count). The minimum absolute atomic E-state index is 0.148. The number of hydrogen-bond acceptors (Lipinski definition) is 2. The highest BCUT2D eigenvalue weighted by Crippen LogP contribution is 2.18. The molecule has 0 spiro atoms. The highest BCUT2D eigenvalue weighted by atomic mass is 35.5. The third kappa shape index (κ3) is 4.29. The quantitative estimate of drug-likeness (QED) is 0.831. The summed E-state index contributed by atoms with van der Waals surface area (Å²) in [4.78, 5) is 0. The fourth-order valence-electron chi connectivity index (χ4n) is 2.29. The van der Waals surface area contributed by atoms with Crippen LogP contribution in [0.1, 0.15) is 43.9 Å². The Bertz CT molecular complexity index is 583. The van der Waals surface area contributed by atoms with E-state index in [0.29, 0.717) is 12.6 Å². The lowest BCUT2D eigenvalue weighted by Gasteiger charge is -2.14. The Balaban J connectivity index is 2.06. The molecule has 0 fully saturated rings. The summed E-state index contributed by atoms with van der Waals surface area (Å²) >= 11 is 5.69. The SMILES string of the molecule is CCCNC(CC)c1cnn(Cc2ccc(Cl)c(F)c2)c1. The number of halogens is 2. The normalized spacial score (nSPS) is 12.6. The topological polar surface area (TPSA) is 29.9 Å². The van der Waals surface area contributed by atoms with Gasteiger partial charge in [0.1, 0.15) is 5.82 Å². The Morgan fingerprint density at radius 2 is 2.19 bits per heavy atom. The van der Waals surface area contributed by atoms with Gasteiger partial charge in [-0.2, -0.15) is 5.10 Å². The van der Waals surface area contributed by atoms with Crippen LogP contribution in [0.25, 0.3) is 0 Å². The van der Waals surface area contributed by atoms with Gasteiger partial charge in [-0.1, -0.05) is 31.5 Å². The Morgan fingerprint density at radius 3 is 2.86 bits per heavy atom. The minimum Gasteiger partial charge on any atom is -0.310 e. The van der Waals surface area contributed by atoms with E-state index in [1.165, 1.54) is 11.6 Å². The Hall–Kier alpha value is -1.39. The van der Waals surface area contributed by atoms with Crippen LogP contribution < -0.4 is 5.32 Å². The smallest absolute Gasteiger partial charge is 0.142 e. The zero-order chi connectivity index (χ0) is 15.2. The molecule has 0 aliphatic rings. The maximum atomic E-state index is 13.4. The molecule has 0 amide bonds. The minimum atomic E-state index is -0.391. The van der Waals surface area contributed by atoms with Crippen molar-refractivity contribution in [1.29, 1.82) is 0 Å². The monoisotopic (exact) mass is 309 g/mol. The largest absolute Gasteiger partial charge is 0.310 e. The number of hydrogen-bond donors (Lipinski definition) is 1. The van der Waals surface area contributed by atoms with Crippen molar-refractivity contribution in [2.24, 2.45) is 0 Å². The summed E-state index contributed by atoms with van der Waals surface area (Å²) in [6.45, 7) is 5.84. The molecule has 1 atom stereocenters. The number of benzene rings is 1. The van der Waals surface area contributed by atoms with Crippen molar-refractivity contribution >= 4 is 11.6 Å². The first-order valence-corrected chi connectivity index (χ1v) is 7.71. The fraction of sp³-hybridized carbons (Fsp3) is 0.438. The van der Waals surface area contributed by atoms with Crippen molar-refractivity contribution in [3.8, 4) is 0 Å². The molecule has 1 aromatic heterocycles. The van der Waals surface area contributed by atoms with Crippen LogP contribution in [0, 0.1) is 5.82 Å². The van der Waals surface area contributed by atoms with Gasteiger partial charge in [-0.25, -0.2) is 4.39 Å². The third-order valence-electron chi connectivity index (χ3n) is 3.43. The predicted octanol–water partition coefficient (Wildman–Crippen LogP) is 4.17. The van der Waals surface area contributed by atoms with Crippen LogP contribution in [0.15, 0.2) is 30.6 Å². The maximum absolute atomic E-state index is 13.4. The van der Waals surface area contributed by atoms with Gasteiger partial charge in [0.2, 0.25) is 0 Å². The average molecular weight is 310 g/mol. The molecule has 1 aromatic carbocycles. The highest BCUT2D eigenvalue weighted by Gasteiger charge is 2.11. The van der Waals surface area contributed by atoms with Gasteiger partial charge in [0.25, 0.3) is 0 Å². The lowest BCUT2D eigenvalue weighted by Crippen LogP contribution is -2.21. The standard InChI is InChI=1S/C16H21ClFN3/c1-3-7-19-16(4-2)13-9-20-21(11-13)10-12-5-6-14(17)15(18)8-12/h5-6,8-9,11,16,19H,3-4,7,10H2,1-2H3. The second kappa shape index (κ2) is 7.57. The second-order valence-corrected chi connectivity index (χ2v) is 5.54. The molecule has 0 bridgehead atoms. The van der Waals surface area contributed by atoms with Crippen molar-refractivity contribution in [1.82, 2.24) is 15.1 Å². The summed E-state index contributed by atoms with van der Waals surface area (Å²) in [6, 6.07) is 5.17. The first-order valence-electron chi connectivity index (χ1n) is 7.33. The van der Waals surface area contributed by atoms with E-state index in [9.17, 15) is 4.39 Å². The average Bonchev–Trinajstić information content (AvgIpc) is 2.92. The summed E-state index contributed by atoms with van der Waals surface area (Å²) in [5.74, 6) is -0.391. The summed E-state index contributed by atoms with van der Waals surface area (Å²) < 4.78 is 15.3. The number of rotatable bonds is 7. The van der Waals surface area contributed by atoms with Gasteiger partial charge in [0.05, 0.1) is 17.8 Å². The Kier molecular flexibility index (Phi) is 5.76. The molecular formula is C16H21ClFN3. The Labute approximate surface area is 130 Å². The van der Waals surface area contributed by atoms with E-state index in [4.69, 9.17) is 11.6 Å². The molecule has 3 nitrogen and oxygen atoms in total.